The number of carbonyl (C=O) groups is 1. The largest absolute Gasteiger partial charge is 0.337 e. The van der Waals surface area contributed by atoms with Crippen molar-refractivity contribution in [1.82, 2.24) is 19.8 Å². The first-order chi connectivity index (χ1) is 7.22. The van der Waals surface area contributed by atoms with Crippen LogP contribution in [0.15, 0.2) is 12.4 Å². The van der Waals surface area contributed by atoms with Gasteiger partial charge in [0.15, 0.2) is 0 Å². The fourth-order valence-electron chi connectivity index (χ4n) is 1.88. The van der Waals surface area contributed by atoms with Crippen molar-refractivity contribution in [3.63, 3.8) is 0 Å². The molecule has 1 aromatic rings. The Kier molecular flexibility index (Phi) is 2.73. The van der Waals surface area contributed by atoms with E-state index in [1.165, 1.54) is 0 Å². The zero-order valence-corrected chi connectivity index (χ0v) is 9.10. The molecule has 5 heteroatoms. The lowest BCUT2D eigenvalue weighted by Crippen LogP contribution is -2.36. The molecule has 1 fully saturated rings. The molecule has 1 N–H and O–H groups in total. The van der Waals surface area contributed by atoms with Gasteiger partial charge in [0.05, 0.1) is 12.6 Å². The zero-order valence-electron chi connectivity index (χ0n) is 9.10. The van der Waals surface area contributed by atoms with Gasteiger partial charge in [-0.2, -0.15) is 0 Å². The maximum Gasteiger partial charge on any atom is 0.240 e. The van der Waals surface area contributed by atoms with E-state index < -0.39 is 0 Å². The molecule has 0 spiro atoms. The average Bonchev–Trinajstić information content (AvgIpc) is 2.77. The maximum atomic E-state index is 11.8. The number of rotatable bonds is 3. The van der Waals surface area contributed by atoms with Gasteiger partial charge in [0, 0.05) is 26.0 Å². The third-order valence-electron chi connectivity index (χ3n) is 2.90. The summed E-state index contributed by atoms with van der Waals surface area (Å²) in [5.41, 5.74) is 0. The molecule has 0 radical (unpaired) electrons. The van der Waals surface area contributed by atoms with Crippen LogP contribution in [0.5, 0.6) is 0 Å². The highest BCUT2D eigenvalue weighted by molar-refractivity contribution is 5.83. The minimum atomic E-state index is -0.00901. The second-order valence-corrected chi connectivity index (χ2v) is 3.84. The number of carbonyl (C=O) groups excluding carboxylic acids is 1. The van der Waals surface area contributed by atoms with Crippen LogP contribution in [0, 0.1) is 0 Å². The van der Waals surface area contributed by atoms with Crippen LogP contribution in [0.3, 0.4) is 0 Å². The Balaban J connectivity index is 2.03. The molecule has 1 unspecified atom stereocenters. The summed E-state index contributed by atoms with van der Waals surface area (Å²) in [6.07, 6.45) is 4.54. The predicted octanol–water partition coefficient (Wildman–Crippen LogP) is -0.260. The number of likely N-dealkylation sites (tertiary alicyclic amines) is 1. The summed E-state index contributed by atoms with van der Waals surface area (Å²) in [6.45, 7) is 1.43. The minimum Gasteiger partial charge on any atom is -0.337 e. The highest BCUT2D eigenvalue weighted by Gasteiger charge is 2.30. The predicted molar refractivity (Wildman–Crippen MR) is 56.1 cm³/mol. The van der Waals surface area contributed by atoms with Gasteiger partial charge in [-0.05, 0) is 13.5 Å². The highest BCUT2D eigenvalue weighted by Crippen LogP contribution is 2.13. The number of likely N-dealkylation sites (N-methyl/N-ethyl adjacent to an activating group) is 1. The van der Waals surface area contributed by atoms with Crippen molar-refractivity contribution in [2.24, 2.45) is 7.05 Å². The van der Waals surface area contributed by atoms with Crippen molar-refractivity contribution in [3.8, 4) is 0 Å². The molecular weight excluding hydrogens is 192 g/mol. The van der Waals surface area contributed by atoms with Crippen molar-refractivity contribution in [2.45, 2.75) is 19.0 Å². The van der Waals surface area contributed by atoms with E-state index >= 15 is 0 Å². The van der Waals surface area contributed by atoms with Gasteiger partial charge in [-0.15, -0.1) is 0 Å². The summed E-state index contributed by atoms with van der Waals surface area (Å²) in [5.74, 6) is 1.11. The van der Waals surface area contributed by atoms with Crippen molar-refractivity contribution in [2.75, 3.05) is 13.6 Å². The Morgan fingerprint density at radius 3 is 3.00 bits per heavy atom. The number of nitrogens with zero attached hydrogens (tertiary/aromatic N) is 3. The molecule has 15 heavy (non-hydrogen) atoms. The first-order valence-electron chi connectivity index (χ1n) is 5.14. The summed E-state index contributed by atoms with van der Waals surface area (Å²) in [4.78, 5) is 17.9. The SMILES string of the molecule is CNC1CCN(Cc2nccn2C)C1=O. The van der Waals surface area contributed by atoms with Crippen LogP contribution >= 0.6 is 0 Å². The molecule has 1 saturated heterocycles. The van der Waals surface area contributed by atoms with Gasteiger partial charge in [0.25, 0.3) is 0 Å². The summed E-state index contributed by atoms with van der Waals surface area (Å²) >= 11 is 0. The van der Waals surface area contributed by atoms with Crippen molar-refractivity contribution < 1.29 is 4.79 Å². The molecule has 1 aliphatic rings. The molecule has 1 aromatic heterocycles. The van der Waals surface area contributed by atoms with E-state index in [9.17, 15) is 4.79 Å². The van der Waals surface area contributed by atoms with Gasteiger partial charge in [0.2, 0.25) is 5.91 Å². The van der Waals surface area contributed by atoms with Crippen LogP contribution < -0.4 is 5.32 Å². The number of imidazole rings is 1. The van der Waals surface area contributed by atoms with Gasteiger partial charge in [-0.25, -0.2) is 4.98 Å². The minimum absolute atomic E-state index is 0.00901. The lowest BCUT2D eigenvalue weighted by molar-refractivity contribution is -0.129. The standard InChI is InChI=1S/C10H16N4O/c1-11-8-3-5-14(10(8)15)7-9-12-4-6-13(9)2/h4,6,8,11H,3,5,7H2,1-2H3. The molecule has 1 amide bonds. The van der Waals surface area contributed by atoms with E-state index in [4.69, 9.17) is 0 Å². The Labute approximate surface area is 89.1 Å². The van der Waals surface area contributed by atoms with E-state index in [0.717, 1.165) is 18.8 Å². The van der Waals surface area contributed by atoms with E-state index in [1.54, 1.807) is 6.20 Å². The molecule has 2 rings (SSSR count). The highest BCUT2D eigenvalue weighted by atomic mass is 16.2. The Morgan fingerprint density at radius 2 is 2.47 bits per heavy atom. The third-order valence-corrected chi connectivity index (χ3v) is 2.90. The lowest BCUT2D eigenvalue weighted by Gasteiger charge is -2.15. The van der Waals surface area contributed by atoms with Crippen molar-refractivity contribution in [1.29, 1.82) is 0 Å². The van der Waals surface area contributed by atoms with E-state index in [1.807, 2.05) is 29.8 Å². The summed E-state index contributed by atoms with van der Waals surface area (Å²) < 4.78 is 1.94. The quantitative estimate of drug-likeness (QED) is 0.744. The number of aromatic nitrogens is 2. The Morgan fingerprint density at radius 1 is 1.67 bits per heavy atom. The average molecular weight is 208 g/mol. The monoisotopic (exact) mass is 208 g/mol. The van der Waals surface area contributed by atoms with Crippen molar-refractivity contribution in [3.05, 3.63) is 18.2 Å². The molecule has 0 bridgehead atoms. The molecule has 82 valence electrons. The van der Waals surface area contributed by atoms with Gasteiger partial charge < -0.3 is 14.8 Å². The maximum absolute atomic E-state index is 11.8. The molecule has 5 nitrogen and oxygen atoms in total. The first-order valence-corrected chi connectivity index (χ1v) is 5.14. The van der Waals surface area contributed by atoms with Crippen LogP contribution in [0.1, 0.15) is 12.2 Å². The zero-order chi connectivity index (χ0) is 10.8. The molecular formula is C10H16N4O. The molecule has 0 saturated carbocycles. The normalized spacial score (nSPS) is 21.3. The summed E-state index contributed by atoms with van der Waals surface area (Å²) in [5, 5.41) is 3.02. The number of amides is 1. The topological polar surface area (TPSA) is 50.2 Å². The second kappa shape index (κ2) is 4.02. The van der Waals surface area contributed by atoms with Crippen LogP contribution in [0.25, 0.3) is 0 Å². The van der Waals surface area contributed by atoms with Crippen molar-refractivity contribution >= 4 is 5.91 Å². The van der Waals surface area contributed by atoms with Crippen LogP contribution in [-0.4, -0.2) is 40.0 Å². The number of hydrogen-bond acceptors (Lipinski definition) is 3. The fourth-order valence-corrected chi connectivity index (χ4v) is 1.88. The lowest BCUT2D eigenvalue weighted by atomic mass is 10.3. The van der Waals surface area contributed by atoms with Gasteiger partial charge in [0.1, 0.15) is 5.82 Å². The molecule has 2 heterocycles. The second-order valence-electron chi connectivity index (χ2n) is 3.84. The van der Waals surface area contributed by atoms with Crippen LogP contribution in [0.4, 0.5) is 0 Å². The summed E-state index contributed by atoms with van der Waals surface area (Å²) in [6, 6.07) is -0.00901. The third kappa shape index (κ3) is 1.87. The number of aryl methyl sites for hydroxylation is 1. The Bertz CT molecular complexity index is 360. The first kappa shape index (κ1) is 10.2. The molecule has 1 aliphatic heterocycles. The van der Waals surface area contributed by atoms with Gasteiger partial charge in [-0.3, -0.25) is 4.79 Å². The molecule has 0 aliphatic carbocycles. The van der Waals surface area contributed by atoms with Gasteiger partial charge in [-0.1, -0.05) is 0 Å². The van der Waals surface area contributed by atoms with E-state index in [0.29, 0.717) is 6.54 Å². The number of nitrogens with one attached hydrogen (secondary N) is 1. The fraction of sp³-hybridized carbons (Fsp3) is 0.600. The number of hydrogen-bond donors (Lipinski definition) is 1. The summed E-state index contributed by atoms with van der Waals surface area (Å²) in [7, 11) is 3.77. The van der Waals surface area contributed by atoms with Crippen LogP contribution in [-0.2, 0) is 18.4 Å². The van der Waals surface area contributed by atoms with E-state index in [-0.39, 0.29) is 11.9 Å². The van der Waals surface area contributed by atoms with Crippen LogP contribution in [0.2, 0.25) is 0 Å². The Hall–Kier alpha value is -1.36. The molecule has 1 atom stereocenters. The van der Waals surface area contributed by atoms with Gasteiger partial charge >= 0.3 is 0 Å². The van der Waals surface area contributed by atoms with E-state index in [2.05, 4.69) is 10.3 Å². The molecule has 0 aromatic carbocycles. The smallest absolute Gasteiger partial charge is 0.240 e.